The number of benzene rings is 1. The van der Waals surface area contributed by atoms with Crippen LogP contribution >= 0.6 is 0 Å². The number of hydrogen-bond acceptors (Lipinski definition) is 4. The highest BCUT2D eigenvalue weighted by Crippen LogP contribution is 2.10. The molecule has 0 amide bonds. The first-order chi connectivity index (χ1) is 13.2. The molecule has 0 radical (unpaired) electrons. The van der Waals surface area contributed by atoms with Crippen molar-refractivity contribution in [1.29, 1.82) is 0 Å². The average Bonchev–Trinajstić information content (AvgIpc) is 3.19. The molecule has 1 aliphatic rings. The maximum atomic E-state index is 4.47. The highest BCUT2D eigenvalue weighted by atomic mass is 15.3. The molecule has 1 saturated heterocycles. The molecule has 7 nitrogen and oxygen atoms in total. The van der Waals surface area contributed by atoms with Gasteiger partial charge in [-0.3, -0.25) is 9.89 Å². The largest absolute Gasteiger partial charge is 0.356 e. The first kappa shape index (κ1) is 19.4. The van der Waals surface area contributed by atoms with Gasteiger partial charge in [-0.1, -0.05) is 29.8 Å². The quantitative estimate of drug-likeness (QED) is 0.458. The number of aromatic nitrogens is 3. The molecule has 1 aliphatic heterocycles. The lowest BCUT2D eigenvalue weighted by molar-refractivity contribution is 0.172. The molecular weight excluding hydrogens is 338 g/mol. The Bertz CT molecular complexity index is 703. The number of piperazine rings is 1. The minimum atomic E-state index is 0.943. The Balaban J connectivity index is 1.35. The summed E-state index contributed by atoms with van der Waals surface area (Å²) in [6.45, 7) is 9.28. The second-order valence-corrected chi connectivity index (χ2v) is 7.13. The summed E-state index contributed by atoms with van der Waals surface area (Å²) in [6.07, 6.45) is 5.74. The van der Waals surface area contributed by atoms with Gasteiger partial charge in [-0.2, -0.15) is 0 Å². The number of rotatable bonds is 7. The highest BCUT2D eigenvalue weighted by molar-refractivity contribution is 5.79. The number of nitrogens with one attached hydrogen (secondary N) is 1. The van der Waals surface area contributed by atoms with E-state index in [1.54, 1.807) is 12.7 Å². The van der Waals surface area contributed by atoms with Crippen molar-refractivity contribution < 1.29 is 0 Å². The Labute approximate surface area is 162 Å². The fourth-order valence-corrected chi connectivity index (χ4v) is 3.48. The van der Waals surface area contributed by atoms with Gasteiger partial charge in [-0.25, -0.2) is 0 Å². The van der Waals surface area contributed by atoms with Crippen molar-refractivity contribution >= 4 is 5.96 Å². The molecule has 2 aromatic rings. The molecule has 1 N–H and O–H groups in total. The average molecular weight is 370 g/mol. The number of aliphatic imine (C=N–C) groups is 1. The molecule has 146 valence electrons. The van der Waals surface area contributed by atoms with Gasteiger partial charge in [0, 0.05) is 52.9 Å². The maximum absolute atomic E-state index is 4.47. The first-order valence-corrected chi connectivity index (χ1v) is 9.80. The minimum absolute atomic E-state index is 0.943. The summed E-state index contributed by atoms with van der Waals surface area (Å²) in [5.41, 5.74) is 2.74. The molecule has 27 heavy (non-hydrogen) atoms. The van der Waals surface area contributed by atoms with Gasteiger partial charge in [0.25, 0.3) is 0 Å². The summed E-state index contributed by atoms with van der Waals surface area (Å²) in [4.78, 5) is 9.36. The van der Waals surface area contributed by atoms with Gasteiger partial charge in [0.2, 0.25) is 0 Å². The van der Waals surface area contributed by atoms with Gasteiger partial charge < -0.3 is 14.8 Å². The van der Waals surface area contributed by atoms with Crippen LogP contribution in [0.2, 0.25) is 0 Å². The molecule has 0 bridgehead atoms. The van der Waals surface area contributed by atoms with E-state index < -0.39 is 0 Å². The lowest BCUT2D eigenvalue weighted by Crippen LogP contribution is -2.52. The number of hydrogen-bond donors (Lipinski definition) is 1. The van der Waals surface area contributed by atoms with Gasteiger partial charge in [0.05, 0.1) is 0 Å². The lowest BCUT2D eigenvalue weighted by Gasteiger charge is -2.36. The lowest BCUT2D eigenvalue weighted by atomic mass is 10.1. The standard InChI is InChI=1S/C20H31N7/c1-18-6-5-7-19(14-18)15-25-10-12-27(13-11-25)20(21-2)22-8-3-4-9-26-16-23-24-17-26/h5-7,14,16-17H,3-4,8-13,15H2,1-2H3,(H,21,22). The third kappa shape index (κ3) is 6.06. The highest BCUT2D eigenvalue weighted by Gasteiger charge is 2.19. The molecule has 3 rings (SSSR count). The van der Waals surface area contributed by atoms with Crippen molar-refractivity contribution in [1.82, 2.24) is 29.9 Å². The van der Waals surface area contributed by atoms with Crippen LogP contribution < -0.4 is 5.32 Å². The zero-order valence-electron chi connectivity index (χ0n) is 16.5. The predicted molar refractivity (Wildman–Crippen MR) is 109 cm³/mol. The Hall–Kier alpha value is -2.41. The fourth-order valence-electron chi connectivity index (χ4n) is 3.48. The van der Waals surface area contributed by atoms with Gasteiger partial charge >= 0.3 is 0 Å². The monoisotopic (exact) mass is 369 g/mol. The van der Waals surface area contributed by atoms with Crippen molar-refractivity contribution in [3.63, 3.8) is 0 Å². The maximum Gasteiger partial charge on any atom is 0.193 e. The van der Waals surface area contributed by atoms with E-state index in [-0.39, 0.29) is 0 Å². The molecule has 1 fully saturated rings. The normalized spacial score (nSPS) is 15.9. The fraction of sp³-hybridized carbons (Fsp3) is 0.550. The molecule has 0 spiro atoms. The summed E-state index contributed by atoms with van der Waals surface area (Å²) in [7, 11) is 1.87. The Kier molecular flexibility index (Phi) is 7.21. The van der Waals surface area contributed by atoms with E-state index in [2.05, 4.69) is 61.5 Å². The van der Waals surface area contributed by atoms with Gasteiger partial charge in [0.1, 0.15) is 12.7 Å². The van der Waals surface area contributed by atoms with E-state index in [0.717, 1.165) is 64.6 Å². The molecule has 7 heteroatoms. The van der Waals surface area contributed by atoms with Crippen molar-refractivity contribution in [2.75, 3.05) is 39.8 Å². The first-order valence-electron chi connectivity index (χ1n) is 9.80. The van der Waals surface area contributed by atoms with Crippen molar-refractivity contribution in [3.05, 3.63) is 48.0 Å². The van der Waals surface area contributed by atoms with Crippen molar-refractivity contribution in [3.8, 4) is 0 Å². The van der Waals surface area contributed by atoms with Crippen LogP contribution in [0.1, 0.15) is 24.0 Å². The molecule has 0 saturated carbocycles. The van der Waals surface area contributed by atoms with E-state index in [0.29, 0.717) is 0 Å². The van der Waals surface area contributed by atoms with E-state index in [1.165, 1.54) is 11.1 Å². The summed E-state index contributed by atoms with van der Waals surface area (Å²) in [6, 6.07) is 8.81. The molecule has 1 aromatic heterocycles. The van der Waals surface area contributed by atoms with E-state index in [1.807, 2.05) is 11.6 Å². The van der Waals surface area contributed by atoms with Crippen molar-refractivity contribution in [2.45, 2.75) is 32.9 Å². The van der Waals surface area contributed by atoms with E-state index in [9.17, 15) is 0 Å². The van der Waals surface area contributed by atoms with E-state index >= 15 is 0 Å². The smallest absolute Gasteiger partial charge is 0.193 e. The number of aryl methyl sites for hydroxylation is 2. The van der Waals surface area contributed by atoms with Gasteiger partial charge in [0.15, 0.2) is 5.96 Å². The molecule has 0 atom stereocenters. The summed E-state index contributed by atoms with van der Waals surface area (Å²) < 4.78 is 2.02. The van der Waals surface area contributed by atoms with Crippen LogP contribution in [0, 0.1) is 6.92 Å². The van der Waals surface area contributed by atoms with Crippen LogP contribution in [0.5, 0.6) is 0 Å². The summed E-state index contributed by atoms with van der Waals surface area (Å²) in [5.74, 6) is 1.02. The van der Waals surface area contributed by atoms with Gasteiger partial charge in [-0.15, -0.1) is 10.2 Å². The second-order valence-electron chi connectivity index (χ2n) is 7.13. The topological polar surface area (TPSA) is 61.6 Å². The third-order valence-corrected chi connectivity index (χ3v) is 4.97. The third-order valence-electron chi connectivity index (χ3n) is 4.97. The van der Waals surface area contributed by atoms with Crippen LogP contribution in [-0.2, 0) is 13.1 Å². The van der Waals surface area contributed by atoms with E-state index in [4.69, 9.17) is 0 Å². The number of nitrogens with zero attached hydrogens (tertiary/aromatic N) is 6. The number of guanidine groups is 1. The number of unbranched alkanes of at least 4 members (excludes halogenated alkanes) is 1. The molecule has 1 aromatic carbocycles. The van der Waals surface area contributed by atoms with Crippen molar-refractivity contribution in [2.24, 2.45) is 4.99 Å². The van der Waals surface area contributed by atoms with Crippen LogP contribution in [-0.4, -0.2) is 70.3 Å². The SMILES string of the molecule is CN=C(NCCCCn1cnnc1)N1CCN(Cc2cccc(C)c2)CC1. The predicted octanol–water partition coefficient (Wildman–Crippen LogP) is 1.76. The van der Waals surface area contributed by atoms with Crippen LogP contribution in [0.25, 0.3) is 0 Å². The summed E-state index contributed by atoms with van der Waals surface area (Å²) in [5, 5.41) is 11.2. The molecule has 0 aliphatic carbocycles. The Morgan fingerprint density at radius 2 is 1.89 bits per heavy atom. The zero-order chi connectivity index (χ0) is 18.9. The second kappa shape index (κ2) is 10.1. The summed E-state index contributed by atoms with van der Waals surface area (Å²) >= 11 is 0. The Morgan fingerprint density at radius 3 is 2.59 bits per heavy atom. The minimum Gasteiger partial charge on any atom is -0.356 e. The van der Waals surface area contributed by atoms with Gasteiger partial charge in [-0.05, 0) is 25.3 Å². The Morgan fingerprint density at radius 1 is 1.11 bits per heavy atom. The van der Waals surface area contributed by atoms with Crippen LogP contribution in [0.15, 0.2) is 41.9 Å². The molecular formula is C20H31N7. The van der Waals surface area contributed by atoms with Crippen LogP contribution in [0.3, 0.4) is 0 Å². The zero-order valence-corrected chi connectivity index (χ0v) is 16.5. The molecule has 2 heterocycles. The molecule has 0 unspecified atom stereocenters. The van der Waals surface area contributed by atoms with Crippen LogP contribution in [0.4, 0.5) is 0 Å².